The lowest BCUT2D eigenvalue weighted by Crippen LogP contribution is -2.13. The summed E-state index contributed by atoms with van der Waals surface area (Å²) in [5.41, 5.74) is 1.41. The summed E-state index contributed by atoms with van der Waals surface area (Å²) in [4.78, 5) is 16.5. The molecule has 6 nitrogen and oxygen atoms in total. The van der Waals surface area contributed by atoms with Crippen molar-refractivity contribution < 1.29 is 13.9 Å². The second-order valence-electron chi connectivity index (χ2n) is 5.19. The summed E-state index contributed by atoms with van der Waals surface area (Å²) in [5.74, 6) is 1.15. The standard InChI is InChI=1S/C18H17N3O3S/c1-3-23-15-6-4-13(5-7-15)16(22)12(2)25-18-21-20-17(24-18)14-8-10-19-11-9-14/h4-12H,3H2,1-2H3/t12-/m0/s1. The minimum atomic E-state index is -0.344. The van der Waals surface area contributed by atoms with Gasteiger partial charge in [-0.05, 0) is 50.2 Å². The van der Waals surface area contributed by atoms with E-state index in [4.69, 9.17) is 9.15 Å². The molecule has 0 aliphatic carbocycles. The van der Waals surface area contributed by atoms with Crippen molar-refractivity contribution in [2.45, 2.75) is 24.3 Å². The third kappa shape index (κ3) is 4.24. The lowest BCUT2D eigenvalue weighted by Gasteiger charge is -2.08. The van der Waals surface area contributed by atoms with Crippen LogP contribution in [0.5, 0.6) is 5.75 Å². The fourth-order valence-electron chi connectivity index (χ4n) is 2.19. The maximum Gasteiger partial charge on any atom is 0.277 e. The molecule has 128 valence electrons. The van der Waals surface area contributed by atoms with Crippen molar-refractivity contribution >= 4 is 17.5 Å². The van der Waals surface area contributed by atoms with E-state index in [9.17, 15) is 4.79 Å². The van der Waals surface area contributed by atoms with E-state index in [1.807, 2.05) is 13.8 Å². The minimum absolute atomic E-state index is 0.00305. The highest BCUT2D eigenvalue weighted by Crippen LogP contribution is 2.27. The summed E-state index contributed by atoms with van der Waals surface area (Å²) < 4.78 is 11.0. The van der Waals surface area contributed by atoms with E-state index >= 15 is 0 Å². The zero-order valence-electron chi connectivity index (χ0n) is 13.9. The van der Waals surface area contributed by atoms with Crippen LogP contribution in [0.2, 0.25) is 0 Å². The molecule has 0 N–H and O–H groups in total. The van der Waals surface area contributed by atoms with Crippen LogP contribution in [0.15, 0.2) is 58.4 Å². The molecular weight excluding hydrogens is 338 g/mol. The van der Waals surface area contributed by atoms with E-state index in [1.165, 1.54) is 11.8 Å². The van der Waals surface area contributed by atoms with Gasteiger partial charge in [-0.3, -0.25) is 9.78 Å². The van der Waals surface area contributed by atoms with Gasteiger partial charge in [0.2, 0.25) is 5.89 Å². The highest BCUT2D eigenvalue weighted by atomic mass is 32.2. The molecule has 0 aliphatic rings. The van der Waals surface area contributed by atoms with Crippen LogP contribution < -0.4 is 4.74 Å². The predicted octanol–water partition coefficient (Wildman–Crippen LogP) is 3.89. The third-order valence-electron chi connectivity index (χ3n) is 3.43. The molecule has 0 fully saturated rings. The average molecular weight is 355 g/mol. The predicted molar refractivity (Wildman–Crippen MR) is 94.8 cm³/mol. The molecule has 2 aromatic heterocycles. The number of pyridine rings is 1. The minimum Gasteiger partial charge on any atom is -0.494 e. The Morgan fingerprint density at radius 3 is 2.56 bits per heavy atom. The Labute approximate surface area is 149 Å². The van der Waals surface area contributed by atoms with Crippen LogP contribution >= 0.6 is 11.8 Å². The van der Waals surface area contributed by atoms with Crippen LogP contribution in [0.3, 0.4) is 0 Å². The molecule has 2 heterocycles. The number of thioether (sulfide) groups is 1. The summed E-state index contributed by atoms with van der Waals surface area (Å²) in [5, 5.41) is 8.03. The Morgan fingerprint density at radius 2 is 1.88 bits per heavy atom. The number of ketones is 1. The summed E-state index contributed by atoms with van der Waals surface area (Å²) in [6, 6.07) is 10.7. The lowest BCUT2D eigenvalue weighted by molar-refractivity contribution is 0.0993. The maximum atomic E-state index is 12.5. The lowest BCUT2D eigenvalue weighted by atomic mass is 10.1. The Hall–Kier alpha value is -2.67. The molecule has 1 aromatic carbocycles. The summed E-state index contributed by atoms with van der Waals surface area (Å²) in [6.07, 6.45) is 3.31. The number of rotatable bonds is 7. The number of nitrogens with zero attached hydrogens (tertiary/aromatic N) is 3. The topological polar surface area (TPSA) is 78.1 Å². The number of ether oxygens (including phenoxy) is 1. The monoisotopic (exact) mass is 355 g/mol. The molecule has 0 spiro atoms. The Balaban J connectivity index is 1.66. The Morgan fingerprint density at radius 1 is 1.16 bits per heavy atom. The number of carbonyl (C=O) groups is 1. The van der Waals surface area contributed by atoms with Crippen LogP contribution in [0.1, 0.15) is 24.2 Å². The first-order chi connectivity index (χ1) is 12.2. The van der Waals surface area contributed by atoms with Gasteiger partial charge in [0.15, 0.2) is 5.78 Å². The number of Topliss-reactive ketones (excluding diaryl/α,β-unsaturated/α-hetero) is 1. The van der Waals surface area contributed by atoms with Gasteiger partial charge in [0.05, 0.1) is 11.9 Å². The van der Waals surface area contributed by atoms with E-state index < -0.39 is 0 Å². The fourth-order valence-corrected chi connectivity index (χ4v) is 2.95. The second-order valence-corrected chi connectivity index (χ2v) is 6.48. The Kier molecular flexibility index (Phi) is 5.45. The van der Waals surface area contributed by atoms with Gasteiger partial charge in [-0.15, -0.1) is 10.2 Å². The number of hydrogen-bond donors (Lipinski definition) is 0. The van der Waals surface area contributed by atoms with Gasteiger partial charge in [-0.1, -0.05) is 11.8 Å². The highest BCUT2D eigenvalue weighted by Gasteiger charge is 2.20. The molecule has 0 unspecified atom stereocenters. The van der Waals surface area contributed by atoms with Gasteiger partial charge >= 0.3 is 0 Å². The van der Waals surface area contributed by atoms with Gasteiger partial charge in [0.1, 0.15) is 5.75 Å². The molecule has 0 saturated heterocycles. The third-order valence-corrected chi connectivity index (χ3v) is 4.36. The quantitative estimate of drug-likeness (QED) is 0.470. The van der Waals surface area contributed by atoms with Gasteiger partial charge in [-0.2, -0.15) is 0 Å². The van der Waals surface area contributed by atoms with Crippen molar-refractivity contribution in [1.82, 2.24) is 15.2 Å². The van der Waals surface area contributed by atoms with Crippen LogP contribution in [0.4, 0.5) is 0 Å². The smallest absolute Gasteiger partial charge is 0.277 e. The molecule has 0 saturated carbocycles. The normalized spacial score (nSPS) is 11.9. The van der Waals surface area contributed by atoms with Gasteiger partial charge in [-0.25, -0.2) is 0 Å². The number of hydrogen-bond acceptors (Lipinski definition) is 7. The number of carbonyl (C=O) groups excluding carboxylic acids is 1. The first-order valence-corrected chi connectivity index (χ1v) is 8.73. The highest BCUT2D eigenvalue weighted by molar-refractivity contribution is 8.00. The van der Waals surface area contributed by atoms with E-state index in [0.29, 0.717) is 23.3 Å². The molecule has 1 atom stereocenters. The van der Waals surface area contributed by atoms with Crippen molar-refractivity contribution in [2.24, 2.45) is 0 Å². The van der Waals surface area contributed by atoms with E-state index in [1.54, 1.807) is 48.8 Å². The number of aromatic nitrogens is 3. The summed E-state index contributed by atoms with van der Waals surface area (Å²) in [7, 11) is 0. The fraction of sp³-hybridized carbons (Fsp3) is 0.222. The first kappa shape index (κ1) is 17.2. The molecule has 3 rings (SSSR count). The molecule has 3 aromatic rings. The summed E-state index contributed by atoms with van der Waals surface area (Å²) in [6.45, 7) is 4.33. The molecule has 25 heavy (non-hydrogen) atoms. The molecule has 7 heteroatoms. The van der Waals surface area contributed by atoms with Crippen LogP contribution in [0.25, 0.3) is 11.5 Å². The Bertz CT molecular complexity index is 834. The van der Waals surface area contributed by atoms with Crippen LogP contribution in [-0.4, -0.2) is 32.8 Å². The number of benzene rings is 1. The molecule has 0 aliphatic heterocycles. The van der Waals surface area contributed by atoms with Gasteiger partial charge < -0.3 is 9.15 Å². The second kappa shape index (κ2) is 7.94. The van der Waals surface area contributed by atoms with Gasteiger partial charge in [0, 0.05) is 23.5 Å². The van der Waals surface area contributed by atoms with Crippen molar-refractivity contribution in [1.29, 1.82) is 0 Å². The maximum absolute atomic E-state index is 12.5. The SMILES string of the molecule is CCOc1ccc(C(=O)[C@H](C)Sc2nnc(-c3ccncc3)o2)cc1. The van der Waals surface area contributed by atoms with Crippen molar-refractivity contribution in [3.8, 4) is 17.2 Å². The van der Waals surface area contributed by atoms with Crippen LogP contribution in [-0.2, 0) is 0 Å². The van der Waals surface area contributed by atoms with E-state index in [-0.39, 0.29) is 11.0 Å². The van der Waals surface area contributed by atoms with Crippen molar-refractivity contribution in [3.63, 3.8) is 0 Å². The van der Waals surface area contributed by atoms with Crippen molar-refractivity contribution in [2.75, 3.05) is 6.61 Å². The first-order valence-electron chi connectivity index (χ1n) is 7.85. The van der Waals surface area contributed by atoms with Gasteiger partial charge in [0.25, 0.3) is 5.22 Å². The van der Waals surface area contributed by atoms with Crippen LogP contribution in [0, 0.1) is 0 Å². The largest absolute Gasteiger partial charge is 0.494 e. The molecule has 0 amide bonds. The average Bonchev–Trinajstić information content (AvgIpc) is 3.11. The molecule has 0 bridgehead atoms. The zero-order valence-corrected chi connectivity index (χ0v) is 14.7. The molecule has 0 radical (unpaired) electrons. The zero-order chi connectivity index (χ0) is 17.6. The summed E-state index contributed by atoms with van der Waals surface area (Å²) >= 11 is 1.24. The van der Waals surface area contributed by atoms with E-state index in [2.05, 4.69) is 15.2 Å². The van der Waals surface area contributed by atoms with E-state index in [0.717, 1.165) is 11.3 Å². The molecular formula is C18H17N3O3S. The van der Waals surface area contributed by atoms with Crippen molar-refractivity contribution in [3.05, 3.63) is 54.4 Å².